The molecule has 0 aliphatic carbocycles. The molecule has 8 nitrogen and oxygen atoms in total. The first-order valence-corrected chi connectivity index (χ1v) is 12.9. The fraction of sp³-hybridized carbons (Fsp3) is 0.423. The Balaban J connectivity index is 1.64. The quantitative estimate of drug-likeness (QED) is 0.611. The molecule has 2 aromatic carbocycles. The number of hydrogen-bond acceptors (Lipinski definition) is 4. The number of urea groups is 1. The van der Waals surface area contributed by atoms with E-state index in [9.17, 15) is 14.4 Å². The largest absolute Gasteiger partial charge is 0.334 e. The van der Waals surface area contributed by atoms with Crippen molar-refractivity contribution >= 4 is 41.0 Å². The van der Waals surface area contributed by atoms with Crippen molar-refractivity contribution in [1.29, 1.82) is 0 Å². The van der Waals surface area contributed by atoms with Gasteiger partial charge in [0.15, 0.2) is 0 Å². The van der Waals surface area contributed by atoms with E-state index in [1.807, 2.05) is 57.2 Å². The maximum atomic E-state index is 13.6. The Bertz CT molecular complexity index is 1130. The number of nitrogens with one attached hydrogen (secondary N) is 1. The van der Waals surface area contributed by atoms with Gasteiger partial charge >= 0.3 is 6.03 Å². The third kappa shape index (κ3) is 5.31. The molecule has 0 unspecified atom stereocenters. The van der Waals surface area contributed by atoms with E-state index >= 15 is 0 Å². The van der Waals surface area contributed by atoms with E-state index in [0.29, 0.717) is 29.7 Å². The van der Waals surface area contributed by atoms with Gasteiger partial charge in [-0.05, 0) is 29.2 Å². The maximum absolute atomic E-state index is 13.6. The summed E-state index contributed by atoms with van der Waals surface area (Å²) in [5.41, 5.74) is 1.79. The van der Waals surface area contributed by atoms with E-state index in [2.05, 4.69) is 5.32 Å². The van der Waals surface area contributed by atoms with Gasteiger partial charge < -0.3 is 15.1 Å². The minimum absolute atomic E-state index is 0.0368. The van der Waals surface area contributed by atoms with Crippen LogP contribution in [0.25, 0.3) is 0 Å². The fourth-order valence-corrected chi connectivity index (χ4v) is 5.20. The summed E-state index contributed by atoms with van der Waals surface area (Å²) >= 11 is 12.3. The Morgan fingerprint density at radius 3 is 2.42 bits per heavy atom. The number of fused-ring (bicyclic) bond motifs is 1. The summed E-state index contributed by atoms with van der Waals surface area (Å²) in [5.74, 6) is -0.437. The van der Waals surface area contributed by atoms with Gasteiger partial charge in [-0.15, -0.1) is 0 Å². The summed E-state index contributed by atoms with van der Waals surface area (Å²) in [6.07, 6.45) is -0.630. The van der Waals surface area contributed by atoms with Crippen molar-refractivity contribution in [3.8, 4) is 0 Å². The van der Waals surface area contributed by atoms with Crippen molar-refractivity contribution in [2.24, 2.45) is 5.92 Å². The predicted molar refractivity (Wildman–Crippen MR) is 139 cm³/mol. The lowest BCUT2D eigenvalue weighted by molar-refractivity contribution is -0.193. The molecule has 2 aromatic rings. The minimum Gasteiger partial charge on any atom is -0.333 e. The Hall–Kier alpha value is -2.81. The number of carbonyl (C=O) groups is 3. The summed E-state index contributed by atoms with van der Waals surface area (Å²) < 4.78 is 0. The molecule has 4 amide bonds. The molecule has 0 aromatic heterocycles. The molecule has 2 fully saturated rings. The van der Waals surface area contributed by atoms with Gasteiger partial charge in [-0.1, -0.05) is 80.4 Å². The topological polar surface area (TPSA) is 76.2 Å². The number of benzene rings is 2. The van der Waals surface area contributed by atoms with Crippen molar-refractivity contribution in [2.75, 3.05) is 19.6 Å². The predicted octanol–water partition coefficient (Wildman–Crippen LogP) is 3.98. The van der Waals surface area contributed by atoms with Crippen LogP contribution in [0.2, 0.25) is 10.0 Å². The number of rotatable bonds is 6. The number of hydrazine groups is 1. The van der Waals surface area contributed by atoms with Crippen LogP contribution in [0.5, 0.6) is 0 Å². The lowest BCUT2D eigenvalue weighted by atomic mass is 9.96. The van der Waals surface area contributed by atoms with Crippen molar-refractivity contribution in [3.05, 3.63) is 69.7 Å². The Labute approximate surface area is 221 Å². The van der Waals surface area contributed by atoms with Crippen molar-refractivity contribution < 1.29 is 14.4 Å². The summed E-state index contributed by atoms with van der Waals surface area (Å²) in [6, 6.07) is 13.9. The van der Waals surface area contributed by atoms with E-state index in [-0.39, 0.29) is 36.9 Å². The molecule has 2 saturated heterocycles. The number of piperazine rings is 1. The first kappa shape index (κ1) is 26.3. The number of carbonyl (C=O) groups excluding carboxylic acids is 3. The molecule has 1 N–H and O–H groups in total. The first-order valence-electron chi connectivity index (χ1n) is 12.1. The third-order valence-corrected chi connectivity index (χ3v) is 7.35. The zero-order chi connectivity index (χ0) is 26.0. The number of likely N-dealkylation sites (N-methyl/N-ethyl adjacent to an activating group) is 1. The number of hydrogen-bond donors (Lipinski definition) is 1. The molecule has 0 saturated carbocycles. The molecule has 0 radical (unpaired) electrons. The van der Waals surface area contributed by atoms with Crippen LogP contribution in [0.1, 0.15) is 31.9 Å². The van der Waals surface area contributed by atoms with E-state index in [1.54, 1.807) is 32.0 Å². The van der Waals surface area contributed by atoms with Gasteiger partial charge in [-0.2, -0.15) is 0 Å². The molecule has 36 heavy (non-hydrogen) atoms. The Morgan fingerprint density at radius 2 is 1.78 bits per heavy atom. The average molecular weight is 532 g/mol. The van der Waals surface area contributed by atoms with Gasteiger partial charge in [-0.25, -0.2) is 14.8 Å². The van der Waals surface area contributed by atoms with Crippen molar-refractivity contribution in [1.82, 2.24) is 25.1 Å². The standard InChI is InChI=1S/C26H31Cl2N5O3/c1-4-31-16-23(34)32-22(33(31)26(36)29-13-18-8-6-5-7-9-18)15-30(25(35)24(32)17(2)3)14-19-10-11-20(27)21(28)12-19/h5-12,17,22,24H,4,13-16H2,1-3H3,(H,29,36)/t22-,24-/m0/s1. The second-order valence-corrected chi connectivity index (χ2v) is 10.2. The molecule has 4 rings (SSSR count). The van der Waals surface area contributed by atoms with Crippen LogP contribution in [0.15, 0.2) is 48.5 Å². The zero-order valence-corrected chi connectivity index (χ0v) is 22.2. The minimum atomic E-state index is -0.678. The molecule has 2 aliphatic heterocycles. The van der Waals surface area contributed by atoms with E-state index in [1.165, 1.54) is 0 Å². The van der Waals surface area contributed by atoms with Crippen LogP contribution in [0.4, 0.5) is 4.79 Å². The summed E-state index contributed by atoms with van der Waals surface area (Å²) in [5, 5.41) is 7.18. The van der Waals surface area contributed by atoms with Gasteiger partial charge in [-0.3, -0.25) is 9.59 Å². The van der Waals surface area contributed by atoms with Gasteiger partial charge in [0.25, 0.3) is 0 Å². The Kier molecular flexibility index (Phi) is 8.07. The molecule has 2 heterocycles. The summed E-state index contributed by atoms with van der Waals surface area (Å²) in [4.78, 5) is 43.7. The van der Waals surface area contributed by atoms with Gasteiger partial charge in [0.05, 0.1) is 23.1 Å². The lowest BCUT2D eigenvalue weighted by Gasteiger charge is -2.55. The van der Waals surface area contributed by atoms with Crippen LogP contribution >= 0.6 is 23.2 Å². The van der Waals surface area contributed by atoms with Crippen molar-refractivity contribution in [2.45, 2.75) is 46.1 Å². The molecule has 2 atom stereocenters. The first-order chi connectivity index (χ1) is 17.2. The summed E-state index contributed by atoms with van der Waals surface area (Å²) in [7, 11) is 0. The van der Waals surface area contributed by atoms with Crippen LogP contribution in [0.3, 0.4) is 0 Å². The van der Waals surface area contributed by atoms with Gasteiger partial charge in [0, 0.05) is 19.6 Å². The van der Waals surface area contributed by atoms with Gasteiger partial charge in [0.2, 0.25) is 11.8 Å². The average Bonchev–Trinajstić information content (AvgIpc) is 2.85. The van der Waals surface area contributed by atoms with Crippen LogP contribution in [-0.2, 0) is 22.7 Å². The normalized spacial score (nSPS) is 20.7. The molecule has 2 aliphatic rings. The zero-order valence-electron chi connectivity index (χ0n) is 20.7. The third-order valence-electron chi connectivity index (χ3n) is 6.61. The molecule has 0 bridgehead atoms. The lowest BCUT2D eigenvalue weighted by Crippen LogP contribution is -2.77. The van der Waals surface area contributed by atoms with Gasteiger partial charge in [0.1, 0.15) is 12.2 Å². The molecular weight excluding hydrogens is 501 g/mol. The monoisotopic (exact) mass is 531 g/mol. The second-order valence-electron chi connectivity index (χ2n) is 9.41. The Morgan fingerprint density at radius 1 is 1.06 bits per heavy atom. The smallest absolute Gasteiger partial charge is 0.333 e. The van der Waals surface area contributed by atoms with Crippen LogP contribution in [-0.4, -0.2) is 69.5 Å². The SMILES string of the molecule is CCN1CC(=O)N2[C@@H](C(C)C)C(=O)N(Cc3ccc(Cl)c(Cl)c3)C[C@@H]2N1C(=O)NCc1ccccc1. The van der Waals surface area contributed by atoms with Crippen LogP contribution < -0.4 is 5.32 Å². The molecule has 10 heteroatoms. The number of nitrogens with zero attached hydrogens (tertiary/aromatic N) is 4. The highest BCUT2D eigenvalue weighted by Gasteiger charge is 2.51. The van der Waals surface area contributed by atoms with Crippen LogP contribution in [0, 0.1) is 5.92 Å². The van der Waals surface area contributed by atoms with E-state index < -0.39 is 12.2 Å². The van der Waals surface area contributed by atoms with E-state index in [4.69, 9.17) is 23.2 Å². The number of amides is 4. The van der Waals surface area contributed by atoms with Crippen molar-refractivity contribution in [3.63, 3.8) is 0 Å². The highest BCUT2D eigenvalue weighted by molar-refractivity contribution is 6.42. The molecule has 192 valence electrons. The second kappa shape index (κ2) is 11.1. The summed E-state index contributed by atoms with van der Waals surface area (Å²) in [6.45, 7) is 7.09. The maximum Gasteiger partial charge on any atom is 0.334 e. The molecule has 0 spiro atoms. The number of halogens is 2. The van der Waals surface area contributed by atoms with E-state index in [0.717, 1.165) is 11.1 Å². The molecular formula is C26H31Cl2N5O3. The fourth-order valence-electron chi connectivity index (χ4n) is 4.88. The highest BCUT2D eigenvalue weighted by atomic mass is 35.5. The highest BCUT2D eigenvalue weighted by Crippen LogP contribution is 2.31.